The number of rotatable bonds is 19. The van der Waals surface area contributed by atoms with Gasteiger partial charge in [0, 0.05) is 0 Å². The van der Waals surface area contributed by atoms with E-state index in [0.29, 0.717) is 36.2 Å². The predicted octanol–water partition coefficient (Wildman–Crippen LogP) is 7.45. The summed E-state index contributed by atoms with van der Waals surface area (Å²) >= 11 is 0. The number of hydrogen-bond acceptors (Lipinski definition) is 8. The lowest BCUT2D eigenvalue weighted by Gasteiger charge is -2.14. The molecule has 0 amide bonds. The molecular weight excluding hydrogens is 536 g/mol. The maximum absolute atomic E-state index is 12.4. The summed E-state index contributed by atoms with van der Waals surface area (Å²) in [5.41, 5.74) is 1.26. The number of carbonyl (C=O) groups excluding carboxylic acids is 4. The van der Waals surface area contributed by atoms with Gasteiger partial charge in [-0.15, -0.1) is 0 Å². The molecule has 0 radical (unpaired) electrons. The molecule has 2 rings (SSSR count). The number of hydrogen-bond donors (Lipinski definition) is 0. The Balaban J connectivity index is 1.73. The van der Waals surface area contributed by atoms with E-state index in [0.717, 1.165) is 51.4 Å². The fourth-order valence-electron chi connectivity index (χ4n) is 4.27. The first-order valence-corrected chi connectivity index (χ1v) is 15.2. The summed E-state index contributed by atoms with van der Waals surface area (Å²) in [6, 6.07) is 12.1. The average Bonchev–Trinajstić information content (AvgIpc) is 3.02. The normalized spacial score (nSPS) is 12.2. The van der Waals surface area contributed by atoms with Crippen LogP contribution in [0.5, 0.6) is 0 Å². The molecule has 2 unspecified atom stereocenters. The lowest BCUT2D eigenvalue weighted by Crippen LogP contribution is -2.16. The van der Waals surface area contributed by atoms with Crippen LogP contribution < -0.4 is 0 Å². The highest BCUT2D eigenvalue weighted by Crippen LogP contribution is 2.16. The van der Waals surface area contributed by atoms with Crippen molar-refractivity contribution in [3.63, 3.8) is 0 Å². The molecule has 0 bridgehead atoms. The van der Waals surface area contributed by atoms with Gasteiger partial charge in [0.15, 0.2) is 0 Å². The van der Waals surface area contributed by atoms with Gasteiger partial charge in [0.05, 0.1) is 35.5 Å². The molecule has 0 saturated carbocycles. The maximum atomic E-state index is 12.4. The fourth-order valence-corrected chi connectivity index (χ4v) is 4.27. The zero-order valence-electron chi connectivity index (χ0n) is 25.5. The minimum absolute atomic E-state index is 0.133. The summed E-state index contributed by atoms with van der Waals surface area (Å²) in [5, 5.41) is 0. The van der Waals surface area contributed by atoms with Crippen molar-refractivity contribution in [3.05, 3.63) is 70.8 Å². The molecule has 0 aliphatic heterocycles. The molecule has 8 heteroatoms. The molecule has 0 spiro atoms. The van der Waals surface area contributed by atoms with Crippen LogP contribution in [-0.4, -0.2) is 50.3 Å². The van der Waals surface area contributed by atoms with E-state index in [1.54, 1.807) is 0 Å². The number of carbonyl (C=O) groups is 4. The average molecular weight is 583 g/mol. The Bertz CT molecular complexity index is 1020. The molecular formula is C34H46O8. The van der Waals surface area contributed by atoms with Crippen molar-refractivity contribution >= 4 is 23.9 Å². The topological polar surface area (TPSA) is 105 Å². The molecule has 42 heavy (non-hydrogen) atoms. The molecule has 0 heterocycles. The van der Waals surface area contributed by atoms with Gasteiger partial charge in [-0.3, -0.25) is 0 Å². The first-order chi connectivity index (χ1) is 20.3. The van der Waals surface area contributed by atoms with Gasteiger partial charge in [-0.25, -0.2) is 19.2 Å². The monoisotopic (exact) mass is 582 g/mol. The van der Waals surface area contributed by atoms with E-state index in [-0.39, 0.29) is 24.3 Å². The van der Waals surface area contributed by atoms with Crippen LogP contribution in [0.2, 0.25) is 0 Å². The number of unbranched alkanes of at least 4 members (excludes halogenated alkanes) is 2. The molecule has 0 saturated heterocycles. The van der Waals surface area contributed by atoms with Gasteiger partial charge >= 0.3 is 23.9 Å². The highest BCUT2D eigenvalue weighted by atomic mass is 16.6. The summed E-state index contributed by atoms with van der Waals surface area (Å²) in [4.78, 5) is 49.4. The van der Waals surface area contributed by atoms with Gasteiger partial charge in [0.2, 0.25) is 0 Å². The van der Waals surface area contributed by atoms with Gasteiger partial charge in [0.1, 0.15) is 13.2 Å². The van der Waals surface area contributed by atoms with Crippen LogP contribution in [0.3, 0.4) is 0 Å². The van der Waals surface area contributed by atoms with Crippen LogP contribution >= 0.6 is 0 Å². The molecule has 8 nitrogen and oxygen atoms in total. The zero-order chi connectivity index (χ0) is 30.7. The van der Waals surface area contributed by atoms with Gasteiger partial charge in [-0.05, 0) is 73.2 Å². The molecule has 2 atom stereocenters. The maximum Gasteiger partial charge on any atom is 0.338 e. The first kappa shape index (κ1) is 34.5. The van der Waals surface area contributed by atoms with Crippen molar-refractivity contribution in [3.8, 4) is 0 Å². The van der Waals surface area contributed by atoms with Gasteiger partial charge in [-0.1, -0.05) is 66.2 Å². The second kappa shape index (κ2) is 19.4. The second-order valence-electron chi connectivity index (χ2n) is 10.5. The summed E-state index contributed by atoms with van der Waals surface area (Å²) < 4.78 is 21.3. The van der Waals surface area contributed by atoms with Crippen LogP contribution in [0.4, 0.5) is 0 Å². The number of esters is 4. The van der Waals surface area contributed by atoms with Crippen molar-refractivity contribution in [1.29, 1.82) is 0 Å². The summed E-state index contributed by atoms with van der Waals surface area (Å²) in [6.07, 6.45) is 8.40. The third-order valence-electron chi connectivity index (χ3n) is 7.25. The number of ether oxygens (including phenoxy) is 4. The fraction of sp³-hybridized carbons (Fsp3) is 0.529. The van der Waals surface area contributed by atoms with E-state index in [1.807, 2.05) is 0 Å². The summed E-state index contributed by atoms with van der Waals surface area (Å²) in [5.74, 6) is -1.35. The Morgan fingerprint density at radius 1 is 0.500 bits per heavy atom. The third-order valence-corrected chi connectivity index (χ3v) is 7.25. The van der Waals surface area contributed by atoms with Crippen LogP contribution in [0.25, 0.3) is 0 Å². The van der Waals surface area contributed by atoms with E-state index < -0.39 is 23.9 Å². The molecule has 0 aromatic heterocycles. The van der Waals surface area contributed by atoms with E-state index in [2.05, 4.69) is 27.7 Å². The van der Waals surface area contributed by atoms with Crippen molar-refractivity contribution in [1.82, 2.24) is 0 Å². The lowest BCUT2D eigenvalue weighted by molar-refractivity contribution is 0.0265. The Hall–Kier alpha value is -3.68. The standard InChI is InChI=1S/C34H46O8/c1-5-9-11-25(7-3)23-41-33(37)29-17-13-27(14-18-29)31(35)39-21-22-40-32(36)28-15-19-30(20-16-28)34(38)42-24-26(8-4)12-10-6-2/h13-20,25-26H,5-12,21-24H2,1-4H3. The quantitative estimate of drug-likeness (QED) is 0.0955. The first-order valence-electron chi connectivity index (χ1n) is 15.2. The SMILES string of the molecule is CCCCC(CC)COC(=O)c1ccc(C(=O)OCCOC(=O)c2ccc(C(=O)OCC(CC)CCCC)cc2)cc1. The minimum atomic E-state index is -0.598. The van der Waals surface area contributed by atoms with E-state index in [9.17, 15) is 19.2 Å². The van der Waals surface area contributed by atoms with E-state index in [4.69, 9.17) is 18.9 Å². The summed E-state index contributed by atoms with van der Waals surface area (Å²) in [6.45, 7) is 8.94. The Morgan fingerprint density at radius 2 is 0.786 bits per heavy atom. The smallest absolute Gasteiger partial charge is 0.338 e. The van der Waals surface area contributed by atoms with E-state index >= 15 is 0 Å². The Morgan fingerprint density at radius 3 is 1.05 bits per heavy atom. The Kier molecular flexibility index (Phi) is 16.0. The molecule has 2 aromatic rings. The Labute approximate surface area is 250 Å². The van der Waals surface area contributed by atoms with Gasteiger partial charge in [-0.2, -0.15) is 0 Å². The molecule has 0 aliphatic carbocycles. The largest absolute Gasteiger partial charge is 0.462 e. The molecule has 0 N–H and O–H groups in total. The molecule has 230 valence electrons. The molecule has 0 fully saturated rings. The van der Waals surface area contributed by atoms with Crippen LogP contribution in [0.1, 0.15) is 120 Å². The van der Waals surface area contributed by atoms with E-state index in [1.165, 1.54) is 48.5 Å². The second-order valence-corrected chi connectivity index (χ2v) is 10.5. The van der Waals surface area contributed by atoms with Crippen molar-refractivity contribution in [2.24, 2.45) is 11.8 Å². The zero-order valence-corrected chi connectivity index (χ0v) is 25.5. The van der Waals surface area contributed by atoms with Gasteiger partial charge < -0.3 is 18.9 Å². The van der Waals surface area contributed by atoms with Crippen LogP contribution in [0.15, 0.2) is 48.5 Å². The molecule has 0 aliphatic rings. The third kappa shape index (κ3) is 12.0. The van der Waals surface area contributed by atoms with Gasteiger partial charge in [0.25, 0.3) is 0 Å². The van der Waals surface area contributed by atoms with Crippen LogP contribution in [0, 0.1) is 11.8 Å². The lowest BCUT2D eigenvalue weighted by atomic mass is 10.0. The van der Waals surface area contributed by atoms with Crippen LogP contribution in [-0.2, 0) is 18.9 Å². The predicted molar refractivity (Wildman–Crippen MR) is 161 cm³/mol. The van der Waals surface area contributed by atoms with Crippen molar-refractivity contribution < 1.29 is 38.1 Å². The highest BCUT2D eigenvalue weighted by Gasteiger charge is 2.16. The van der Waals surface area contributed by atoms with Crippen molar-refractivity contribution in [2.45, 2.75) is 79.1 Å². The summed E-state index contributed by atoms with van der Waals surface area (Å²) in [7, 11) is 0. The van der Waals surface area contributed by atoms with Crippen molar-refractivity contribution in [2.75, 3.05) is 26.4 Å². The molecule has 2 aromatic carbocycles. The number of benzene rings is 2. The minimum Gasteiger partial charge on any atom is -0.462 e. The highest BCUT2D eigenvalue weighted by molar-refractivity contribution is 5.94.